The largest absolute Gasteiger partial charge is 0.366 e. The number of piperidine rings is 1. The van der Waals surface area contributed by atoms with Gasteiger partial charge in [0.2, 0.25) is 11.7 Å². The number of pyridine rings is 1. The zero-order valence-corrected chi connectivity index (χ0v) is 20.8. The molecule has 0 unspecified atom stereocenters. The molecule has 2 aromatic heterocycles. The fourth-order valence-corrected chi connectivity index (χ4v) is 7.72. The molecule has 0 bridgehead atoms. The number of carbonyl (C=O) groups is 1. The van der Waals surface area contributed by atoms with Crippen LogP contribution in [0, 0.1) is 11.3 Å². The first kappa shape index (κ1) is 23.0. The Kier molecular flexibility index (Phi) is 5.05. The molecule has 5 fully saturated rings. The van der Waals surface area contributed by atoms with Crippen molar-refractivity contribution in [3.8, 4) is 0 Å². The number of hydrogen-bond donors (Lipinski definition) is 1. The molecule has 1 spiro atoms. The summed E-state index contributed by atoms with van der Waals surface area (Å²) in [6.07, 6.45) is 9.95. The van der Waals surface area contributed by atoms with E-state index in [-0.39, 0.29) is 36.1 Å². The van der Waals surface area contributed by atoms with Gasteiger partial charge in [-0.25, -0.2) is 0 Å². The lowest BCUT2D eigenvalue weighted by Gasteiger charge is -2.69. The number of hydrogen-bond acceptors (Lipinski definition) is 6. The Morgan fingerprint density at radius 1 is 1.22 bits per heavy atom. The average Bonchev–Trinajstić information content (AvgIpc) is 3.18. The Bertz CT molecular complexity index is 1180. The first-order valence-corrected chi connectivity index (χ1v) is 13.4. The summed E-state index contributed by atoms with van der Waals surface area (Å²) in [5.74, 6) is -2.68. The van der Waals surface area contributed by atoms with Gasteiger partial charge in [0.1, 0.15) is 6.61 Å². The Hall–Kier alpha value is -2.17. The zero-order valence-electron chi connectivity index (χ0n) is 20.8. The molecular weight excluding hydrogens is 466 g/mol. The topological polar surface area (TPSA) is 75.0 Å². The second kappa shape index (κ2) is 7.91. The van der Waals surface area contributed by atoms with Gasteiger partial charge in [0, 0.05) is 39.3 Å². The molecular formula is C26H34F2N6O2. The van der Waals surface area contributed by atoms with Crippen molar-refractivity contribution in [2.75, 3.05) is 32.8 Å². The van der Waals surface area contributed by atoms with E-state index in [1.54, 1.807) is 6.20 Å². The highest BCUT2D eigenvalue weighted by Crippen LogP contribution is 2.57. The van der Waals surface area contributed by atoms with Crippen LogP contribution in [-0.4, -0.2) is 80.9 Å². The van der Waals surface area contributed by atoms with E-state index in [0.29, 0.717) is 17.0 Å². The summed E-state index contributed by atoms with van der Waals surface area (Å²) in [4.78, 5) is 17.2. The number of likely N-dealkylation sites (tertiary alicyclic amines) is 2. The quantitative estimate of drug-likeness (QED) is 0.680. The fourth-order valence-electron chi connectivity index (χ4n) is 7.72. The second-order valence-electron chi connectivity index (χ2n) is 12.1. The third-order valence-electron chi connectivity index (χ3n) is 9.54. The third kappa shape index (κ3) is 3.59. The molecule has 5 aliphatic rings. The minimum absolute atomic E-state index is 0.0103. The summed E-state index contributed by atoms with van der Waals surface area (Å²) >= 11 is 0. The lowest BCUT2D eigenvalue weighted by Crippen LogP contribution is -2.77. The maximum absolute atomic E-state index is 13.7. The van der Waals surface area contributed by atoms with E-state index in [0.717, 1.165) is 51.5 Å². The number of alkyl halides is 2. The minimum atomic E-state index is -3.01. The van der Waals surface area contributed by atoms with Crippen LogP contribution in [-0.2, 0) is 21.9 Å². The van der Waals surface area contributed by atoms with Gasteiger partial charge in [-0.1, -0.05) is 0 Å². The number of halogens is 2. The van der Waals surface area contributed by atoms with E-state index in [9.17, 15) is 13.6 Å². The highest BCUT2D eigenvalue weighted by atomic mass is 19.3. The minimum Gasteiger partial charge on any atom is -0.366 e. The van der Waals surface area contributed by atoms with Gasteiger partial charge >= 0.3 is 5.92 Å². The molecule has 3 aliphatic heterocycles. The Labute approximate surface area is 209 Å². The van der Waals surface area contributed by atoms with E-state index in [2.05, 4.69) is 25.3 Å². The first-order chi connectivity index (χ1) is 17.2. The average molecular weight is 501 g/mol. The number of fused-ring (bicyclic) bond motifs is 2. The van der Waals surface area contributed by atoms with Crippen LogP contribution in [0.4, 0.5) is 8.78 Å². The molecule has 8 nitrogen and oxygen atoms in total. The molecule has 2 aliphatic carbocycles. The van der Waals surface area contributed by atoms with Crippen LogP contribution in [0.5, 0.6) is 0 Å². The molecule has 1 N–H and O–H groups in total. The number of ether oxygens (including phenoxy) is 1. The summed E-state index contributed by atoms with van der Waals surface area (Å²) in [7, 11) is 0. The van der Waals surface area contributed by atoms with Crippen LogP contribution < -0.4 is 5.32 Å². The standard InChI is InChI=1S/C26H34F2N6O2/c1-24(27,28)23-31-30-21-10-17(3-8-34(21)23)9-18-11-25(12-18)15-33(16-25)26(5-2-6-26)32-7-4-20-19(13-32)29-22(35)14-36-20/h3,8,10,18-20H,2,4-7,9,11-16H2,1H3,(H,29,35)/t19-,20+/m1/s1. The molecule has 2 atom stereocenters. The molecule has 5 heterocycles. The van der Waals surface area contributed by atoms with Gasteiger partial charge in [0.05, 0.1) is 17.8 Å². The molecule has 194 valence electrons. The van der Waals surface area contributed by atoms with Gasteiger partial charge in [-0.05, 0) is 74.0 Å². The van der Waals surface area contributed by atoms with Gasteiger partial charge in [-0.2, -0.15) is 8.78 Å². The van der Waals surface area contributed by atoms with Crippen LogP contribution in [0.15, 0.2) is 18.3 Å². The molecule has 0 radical (unpaired) electrons. The maximum Gasteiger partial charge on any atom is 0.304 e. The first-order valence-electron chi connectivity index (χ1n) is 13.4. The smallest absolute Gasteiger partial charge is 0.304 e. The third-order valence-corrected chi connectivity index (χ3v) is 9.54. The molecule has 2 aromatic rings. The molecule has 3 saturated heterocycles. The van der Waals surface area contributed by atoms with Crippen LogP contribution in [0.2, 0.25) is 0 Å². The second-order valence-corrected chi connectivity index (χ2v) is 12.1. The number of rotatable bonds is 5. The van der Waals surface area contributed by atoms with Crippen molar-refractivity contribution in [2.24, 2.45) is 11.3 Å². The number of aromatic nitrogens is 3. The van der Waals surface area contributed by atoms with E-state index >= 15 is 0 Å². The maximum atomic E-state index is 13.7. The zero-order chi connectivity index (χ0) is 24.7. The number of nitrogens with zero attached hydrogens (tertiary/aromatic N) is 5. The predicted octanol–water partition coefficient (Wildman–Crippen LogP) is 2.57. The van der Waals surface area contributed by atoms with Crippen molar-refractivity contribution in [1.82, 2.24) is 29.7 Å². The molecule has 10 heteroatoms. The van der Waals surface area contributed by atoms with E-state index in [1.165, 1.54) is 36.5 Å². The molecule has 0 aromatic carbocycles. The summed E-state index contributed by atoms with van der Waals surface area (Å²) in [5.41, 5.74) is 2.24. The van der Waals surface area contributed by atoms with Crippen LogP contribution in [0.1, 0.15) is 56.8 Å². The highest BCUT2D eigenvalue weighted by molar-refractivity contribution is 5.78. The van der Waals surface area contributed by atoms with E-state index < -0.39 is 5.92 Å². The van der Waals surface area contributed by atoms with Crippen molar-refractivity contribution >= 4 is 11.6 Å². The normalized spacial score (nSPS) is 30.4. The van der Waals surface area contributed by atoms with Gasteiger partial charge in [-0.3, -0.25) is 19.0 Å². The molecule has 1 amide bonds. The van der Waals surface area contributed by atoms with Crippen molar-refractivity contribution in [1.29, 1.82) is 0 Å². The van der Waals surface area contributed by atoms with Crippen molar-refractivity contribution in [3.63, 3.8) is 0 Å². The number of carbonyl (C=O) groups excluding carboxylic acids is 1. The number of morpholine rings is 1. The van der Waals surface area contributed by atoms with Crippen molar-refractivity contribution in [3.05, 3.63) is 29.7 Å². The summed E-state index contributed by atoms with van der Waals surface area (Å²) in [5, 5.41) is 10.8. The summed E-state index contributed by atoms with van der Waals surface area (Å²) in [6, 6.07) is 3.95. The molecule has 2 saturated carbocycles. The van der Waals surface area contributed by atoms with Gasteiger partial charge in [0.15, 0.2) is 5.65 Å². The Balaban J connectivity index is 0.958. The van der Waals surface area contributed by atoms with Crippen molar-refractivity contribution < 1.29 is 18.3 Å². The van der Waals surface area contributed by atoms with E-state index in [1.807, 2.05) is 12.1 Å². The summed E-state index contributed by atoms with van der Waals surface area (Å²) in [6.45, 7) is 5.30. The fraction of sp³-hybridized carbons (Fsp3) is 0.731. The van der Waals surface area contributed by atoms with Gasteiger partial charge in [0.25, 0.3) is 0 Å². The number of nitrogens with one attached hydrogen (secondary N) is 1. The van der Waals surface area contributed by atoms with Crippen molar-refractivity contribution in [2.45, 2.75) is 75.6 Å². The van der Waals surface area contributed by atoms with Crippen LogP contribution >= 0.6 is 0 Å². The van der Waals surface area contributed by atoms with Gasteiger partial charge < -0.3 is 10.1 Å². The lowest BCUT2D eigenvalue weighted by molar-refractivity contribution is -0.225. The SMILES string of the molecule is CC(F)(F)c1nnc2cc(CC3CC4(C3)CN(C3(N5CC[C@@H]6OCC(=O)N[C@@H]6C5)CCC3)C4)ccn12. The molecule has 7 rings (SSSR count). The predicted molar refractivity (Wildman–Crippen MR) is 127 cm³/mol. The summed E-state index contributed by atoms with van der Waals surface area (Å²) < 4.78 is 34.6. The highest BCUT2D eigenvalue weighted by Gasteiger charge is 2.60. The Morgan fingerprint density at radius 3 is 2.75 bits per heavy atom. The Morgan fingerprint density at radius 2 is 2.03 bits per heavy atom. The monoisotopic (exact) mass is 500 g/mol. The van der Waals surface area contributed by atoms with Crippen LogP contribution in [0.3, 0.4) is 0 Å². The van der Waals surface area contributed by atoms with Gasteiger partial charge in [-0.15, -0.1) is 10.2 Å². The number of amides is 1. The van der Waals surface area contributed by atoms with Crippen LogP contribution in [0.25, 0.3) is 5.65 Å². The lowest BCUT2D eigenvalue weighted by atomic mass is 9.55. The molecule has 36 heavy (non-hydrogen) atoms. The van der Waals surface area contributed by atoms with E-state index in [4.69, 9.17) is 4.74 Å².